The van der Waals surface area contributed by atoms with E-state index < -0.39 is 11.2 Å². The Morgan fingerprint density at radius 2 is 1.85 bits per heavy atom. The summed E-state index contributed by atoms with van der Waals surface area (Å²) in [5.74, 6) is 0.880. The van der Waals surface area contributed by atoms with Crippen molar-refractivity contribution in [3.05, 3.63) is 87.3 Å². The minimum atomic E-state index is -0.611. The molecule has 1 saturated heterocycles. The third kappa shape index (κ3) is 4.90. The van der Waals surface area contributed by atoms with Crippen LogP contribution in [0.5, 0.6) is 5.75 Å². The molecule has 2 fully saturated rings. The first-order chi connectivity index (χ1) is 19.3. The van der Waals surface area contributed by atoms with Crippen molar-refractivity contribution in [3.8, 4) is 5.75 Å². The third-order valence-corrected chi connectivity index (χ3v) is 9.29. The van der Waals surface area contributed by atoms with E-state index in [1.54, 1.807) is 0 Å². The van der Waals surface area contributed by atoms with Gasteiger partial charge in [0, 0.05) is 41.9 Å². The largest absolute Gasteiger partial charge is 0.488 e. The minimum Gasteiger partial charge on any atom is -0.488 e. The van der Waals surface area contributed by atoms with Crippen LogP contribution in [0.2, 0.25) is 0 Å². The fraction of sp³-hybridized carbons (Fsp3) is 0.412. The van der Waals surface area contributed by atoms with Gasteiger partial charge in [0.1, 0.15) is 17.9 Å². The molecule has 6 nitrogen and oxygen atoms in total. The molecule has 1 aliphatic heterocycles. The number of aliphatic hydroxyl groups is 1. The summed E-state index contributed by atoms with van der Waals surface area (Å²) in [5.41, 5.74) is 2.80. The molecule has 6 rings (SSSR count). The van der Waals surface area contributed by atoms with Gasteiger partial charge in [-0.05, 0) is 73.6 Å². The van der Waals surface area contributed by atoms with Crippen LogP contribution in [0, 0.1) is 19.8 Å². The minimum absolute atomic E-state index is 0.0416. The quantitative estimate of drug-likeness (QED) is 0.294. The van der Waals surface area contributed by atoms with Gasteiger partial charge in [0.2, 0.25) is 5.91 Å². The van der Waals surface area contributed by atoms with Crippen LogP contribution in [-0.2, 0) is 17.8 Å². The molecular formula is C34H37NO5. The normalized spacial score (nSPS) is 21.0. The zero-order valence-corrected chi connectivity index (χ0v) is 23.4. The molecular weight excluding hydrogens is 502 g/mol. The number of piperidine rings is 1. The zero-order chi connectivity index (χ0) is 27.9. The lowest BCUT2D eigenvalue weighted by Crippen LogP contribution is -2.54. The van der Waals surface area contributed by atoms with Crippen molar-refractivity contribution in [3.63, 3.8) is 0 Å². The molecule has 0 bridgehead atoms. The molecule has 0 radical (unpaired) electrons. The predicted octanol–water partition coefficient (Wildman–Crippen LogP) is 6.23. The Hall–Kier alpha value is -3.64. The van der Waals surface area contributed by atoms with Crippen LogP contribution in [-0.4, -0.2) is 34.6 Å². The smallest absolute Gasteiger partial charge is 0.339 e. The van der Waals surface area contributed by atoms with E-state index in [4.69, 9.17) is 9.15 Å². The van der Waals surface area contributed by atoms with Crippen LogP contribution in [0.1, 0.15) is 60.8 Å². The summed E-state index contributed by atoms with van der Waals surface area (Å²) >= 11 is 0. The van der Waals surface area contributed by atoms with Gasteiger partial charge in [0.25, 0.3) is 0 Å². The highest BCUT2D eigenvalue weighted by Gasteiger charge is 2.43. The van der Waals surface area contributed by atoms with Crippen molar-refractivity contribution in [1.82, 2.24) is 4.90 Å². The topological polar surface area (TPSA) is 80.0 Å². The molecule has 2 atom stereocenters. The number of carbonyl (C=O) groups is 1. The Labute approximate surface area is 234 Å². The summed E-state index contributed by atoms with van der Waals surface area (Å²) in [5, 5.41) is 14.1. The van der Waals surface area contributed by atoms with Gasteiger partial charge in [-0.1, -0.05) is 55.3 Å². The number of nitrogens with zero attached hydrogens (tertiary/aromatic N) is 1. The van der Waals surface area contributed by atoms with Crippen LogP contribution in [0.3, 0.4) is 0 Å². The second kappa shape index (κ2) is 10.7. The zero-order valence-electron chi connectivity index (χ0n) is 23.4. The van der Waals surface area contributed by atoms with Crippen LogP contribution in [0.25, 0.3) is 21.7 Å². The maximum atomic E-state index is 13.1. The highest BCUT2D eigenvalue weighted by Crippen LogP contribution is 2.40. The molecule has 1 aromatic heterocycles. The standard InChI is InChI=1S/C34H37NO5/c1-22-27-13-15-30(39-21-25-10-7-9-24-8-3-4-12-29(24)25)23(2)32(27)40-33(37)28(22)14-16-31(36)35-19-18-34(38)17-6-5-11-26(34)20-35/h3-4,7-10,12-13,15,26,38H,5-6,11,14,16-21H2,1-2H3/t26-,34+/m1/s1. The number of likely N-dealkylation sites (tertiary alicyclic amines) is 1. The van der Waals surface area contributed by atoms with Gasteiger partial charge >= 0.3 is 5.63 Å². The van der Waals surface area contributed by atoms with Gasteiger partial charge in [-0.15, -0.1) is 0 Å². The fourth-order valence-corrected chi connectivity index (χ4v) is 6.78. The van der Waals surface area contributed by atoms with E-state index in [9.17, 15) is 14.7 Å². The number of rotatable bonds is 6. The Balaban J connectivity index is 1.17. The van der Waals surface area contributed by atoms with Crippen molar-refractivity contribution >= 4 is 27.6 Å². The Morgan fingerprint density at radius 3 is 2.73 bits per heavy atom. The first-order valence-electron chi connectivity index (χ1n) is 14.5. The highest BCUT2D eigenvalue weighted by atomic mass is 16.5. The number of benzene rings is 3. The van der Waals surface area contributed by atoms with Crippen LogP contribution in [0.15, 0.2) is 63.8 Å². The summed E-state index contributed by atoms with van der Waals surface area (Å²) in [7, 11) is 0. The van der Waals surface area contributed by atoms with Gasteiger partial charge < -0.3 is 19.2 Å². The highest BCUT2D eigenvalue weighted by molar-refractivity contribution is 5.87. The maximum Gasteiger partial charge on any atom is 0.339 e. The number of ether oxygens (including phenoxy) is 1. The molecule has 6 heteroatoms. The number of aryl methyl sites for hydroxylation is 2. The first kappa shape index (κ1) is 26.6. The number of amides is 1. The average molecular weight is 540 g/mol. The average Bonchev–Trinajstić information content (AvgIpc) is 2.96. The molecule has 40 heavy (non-hydrogen) atoms. The molecule has 2 heterocycles. The van der Waals surface area contributed by atoms with Crippen molar-refractivity contribution < 1.29 is 19.1 Å². The van der Waals surface area contributed by atoms with E-state index >= 15 is 0 Å². The Bertz CT molecular complexity index is 1630. The molecule has 3 aromatic carbocycles. The van der Waals surface area contributed by atoms with E-state index in [2.05, 4.69) is 24.3 Å². The van der Waals surface area contributed by atoms with Crippen LogP contribution < -0.4 is 10.4 Å². The summed E-state index contributed by atoms with van der Waals surface area (Å²) in [6.07, 6.45) is 5.23. The molecule has 2 aliphatic rings. The molecule has 0 unspecified atom stereocenters. The van der Waals surface area contributed by atoms with Gasteiger partial charge in [0.05, 0.1) is 5.60 Å². The predicted molar refractivity (Wildman–Crippen MR) is 157 cm³/mol. The molecule has 208 valence electrons. The number of hydrogen-bond acceptors (Lipinski definition) is 5. The van der Waals surface area contributed by atoms with Gasteiger partial charge in [-0.3, -0.25) is 4.79 Å². The van der Waals surface area contributed by atoms with Crippen LogP contribution >= 0.6 is 0 Å². The summed E-state index contributed by atoms with van der Waals surface area (Å²) in [4.78, 5) is 28.1. The number of hydrogen-bond donors (Lipinski definition) is 1. The van der Waals surface area contributed by atoms with Gasteiger partial charge in [0.15, 0.2) is 0 Å². The summed E-state index contributed by atoms with van der Waals surface area (Å²) in [6.45, 7) is 5.44. The fourth-order valence-electron chi connectivity index (χ4n) is 6.78. The lowest BCUT2D eigenvalue weighted by Gasteiger charge is -2.47. The summed E-state index contributed by atoms with van der Waals surface area (Å²) in [6, 6.07) is 18.3. The molecule has 1 aliphatic carbocycles. The molecule has 0 spiro atoms. The monoisotopic (exact) mass is 539 g/mol. The number of fused-ring (bicyclic) bond motifs is 3. The van der Waals surface area contributed by atoms with E-state index in [0.717, 1.165) is 53.1 Å². The lowest BCUT2D eigenvalue weighted by molar-refractivity contribution is -0.143. The second-order valence-electron chi connectivity index (χ2n) is 11.6. The second-order valence-corrected chi connectivity index (χ2v) is 11.6. The van der Waals surface area contributed by atoms with Crippen molar-refractivity contribution in [2.24, 2.45) is 5.92 Å². The van der Waals surface area contributed by atoms with Crippen LogP contribution in [0.4, 0.5) is 0 Å². The van der Waals surface area contributed by atoms with Gasteiger partial charge in [-0.25, -0.2) is 4.79 Å². The van der Waals surface area contributed by atoms with E-state index in [1.807, 2.05) is 49.1 Å². The summed E-state index contributed by atoms with van der Waals surface area (Å²) < 4.78 is 12.0. The number of carbonyl (C=O) groups excluding carboxylic acids is 1. The van der Waals surface area contributed by atoms with E-state index in [1.165, 1.54) is 5.39 Å². The maximum absolute atomic E-state index is 13.1. The molecule has 1 N–H and O–H groups in total. The van der Waals surface area contributed by atoms with Gasteiger partial charge in [-0.2, -0.15) is 0 Å². The molecule has 1 saturated carbocycles. The van der Waals surface area contributed by atoms with Crippen molar-refractivity contribution in [2.45, 2.75) is 71.0 Å². The third-order valence-electron chi connectivity index (χ3n) is 9.29. The SMILES string of the molecule is Cc1c(CCC(=O)N2CC[C@@]3(O)CCCC[C@@H]3C2)c(=O)oc2c(C)c(OCc3cccc4ccccc34)ccc12. The van der Waals surface area contributed by atoms with Crippen molar-refractivity contribution in [2.75, 3.05) is 13.1 Å². The lowest BCUT2D eigenvalue weighted by atomic mass is 9.71. The Morgan fingerprint density at radius 1 is 1.02 bits per heavy atom. The van der Waals surface area contributed by atoms with E-state index in [-0.39, 0.29) is 18.2 Å². The molecule has 1 amide bonds. The van der Waals surface area contributed by atoms with E-state index in [0.29, 0.717) is 49.4 Å². The first-order valence-corrected chi connectivity index (χ1v) is 14.5. The van der Waals surface area contributed by atoms with Crippen molar-refractivity contribution in [1.29, 1.82) is 0 Å². The Kier molecular flexibility index (Phi) is 7.13. The molecule has 4 aromatic rings.